The summed E-state index contributed by atoms with van der Waals surface area (Å²) in [6, 6.07) is 0. The van der Waals surface area contributed by atoms with Crippen LogP contribution in [-0.2, 0) is 4.74 Å². The van der Waals surface area contributed by atoms with Gasteiger partial charge in [0.05, 0.1) is 4.47 Å². The van der Waals surface area contributed by atoms with Gasteiger partial charge >= 0.3 is 0 Å². The zero-order chi connectivity index (χ0) is 14.5. The highest BCUT2D eigenvalue weighted by Crippen LogP contribution is 2.37. The van der Waals surface area contributed by atoms with Crippen molar-refractivity contribution in [3.63, 3.8) is 0 Å². The Hall–Kier alpha value is -0.260. The molecule has 0 spiro atoms. The van der Waals surface area contributed by atoms with E-state index >= 15 is 0 Å². The van der Waals surface area contributed by atoms with E-state index < -0.39 is 0 Å². The second-order valence-electron chi connectivity index (χ2n) is 5.37. The van der Waals surface area contributed by atoms with Gasteiger partial charge in [-0.15, -0.1) is 0 Å². The van der Waals surface area contributed by atoms with Crippen molar-refractivity contribution in [2.75, 3.05) is 6.61 Å². The quantitative estimate of drug-likeness (QED) is 0.688. The van der Waals surface area contributed by atoms with E-state index in [1.807, 2.05) is 6.92 Å². The Kier molecular flexibility index (Phi) is 6.18. The number of halogens is 1. The molecule has 0 amide bonds. The van der Waals surface area contributed by atoms with Crippen LogP contribution in [0.5, 0.6) is 0 Å². The van der Waals surface area contributed by atoms with Crippen molar-refractivity contribution in [1.82, 2.24) is 9.97 Å². The van der Waals surface area contributed by atoms with Crippen LogP contribution in [-0.4, -0.2) is 16.6 Å². The lowest BCUT2D eigenvalue weighted by Gasteiger charge is -2.19. The van der Waals surface area contributed by atoms with Crippen LogP contribution in [0.25, 0.3) is 0 Å². The Bertz CT molecular complexity index is 491. The molecule has 20 heavy (non-hydrogen) atoms. The number of aromatic nitrogens is 2. The maximum absolute atomic E-state index is 5.83. The lowest BCUT2D eigenvalue weighted by molar-refractivity contribution is 0.0490. The molecule has 2 rings (SSSR count). The minimum Gasteiger partial charge on any atom is -0.371 e. The summed E-state index contributed by atoms with van der Waals surface area (Å²) in [4.78, 5) is 8.05. The Balaban J connectivity index is 2.35. The molecule has 5 heteroatoms. The van der Waals surface area contributed by atoms with Gasteiger partial charge in [0.1, 0.15) is 16.6 Å². The summed E-state index contributed by atoms with van der Waals surface area (Å²) in [5.41, 5.74) is 1.22. The molecule has 1 atom stereocenters. The number of rotatable bonds is 6. The van der Waals surface area contributed by atoms with Crippen LogP contribution in [0.1, 0.15) is 75.9 Å². The van der Waals surface area contributed by atoms with Gasteiger partial charge in [0.15, 0.2) is 0 Å². The van der Waals surface area contributed by atoms with Gasteiger partial charge in [0.25, 0.3) is 0 Å². The molecule has 0 aliphatic heterocycles. The molecule has 1 aromatic heterocycles. The van der Waals surface area contributed by atoms with Gasteiger partial charge in [0, 0.05) is 18.2 Å². The smallest absolute Gasteiger partial charge is 0.144 e. The zero-order valence-corrected chi connectivity index (χ0v) is 14.6. The van der Waals surface area contributed by atoms with Crippen LogP contribution in [0.2, 0.25) is 0 Å². The van der Waals surface area contributed by atoms with Gasteiger partial charge in [-0.25, -0.2) is 4.98 Å². The van der Waals surface area contributed by atoms with Crippen molar-refractivity contribution in [3.05, 3.63) is 20.6 Å². The first-order chi connectivity index (χ1) is 9.67. The molecule has 1 saturated carbocycles. The fraction of sp³-hybridized carbons (Fsp3) is 0.733. The van der Waals surface area contributed by atoms with Crippen molar-refractivity contribution in [2.24, 2.45) is 0 Å². The molecule has 1 heterocycles. The number of hydrogen-bond donors (Lipinski definition) is 1. The van der Waals surface area contributed by atoms with Crippen LogP contribution in [0.4, 0.5) is 0 Å². The third-order valence-corrected chi connectivity index (χ3v) is 5.26. The third-order valence-electron chi connectivity index (χ3n) is 3.90. The lowest BCUT2D eigenvalue weighted by Crippen LogP contribution is -2.12. The van der Waals surface area contributed by atoms with Crippen LogP contribution in [0.3, 0.4) is 0 Å². The highest BCUT2D eigenvalue weighted by molar-refractivity contribution is 9.10. The molecule has 0 saturated heterocycles. The topological polar surface area (TPSA) is 37.9 Å². The zero-order valence-electron chi connectivity index (χ0n) is 12.2. The average molecular weight is 359 g/mol. The first kappa shape index (κ1) is 16.1. The molecule has 1 N–H and O–H groups in total. The van der Waals surface area contributed by atoms with Crippen LogP contribution >= 0.6 is 28.1 Å². The highest BCUT2D eigenvalue weighted by Gasteiger charge is 2.23. The number of hydrogen-bond acceptors (Lipinski definition) is 3. The molecule has 1 fully saturated rings. The van der Waals surface area contributed by atoms with E-state index in [4.69, 9.17) is 17.0 Å². The maximum atomic E-state index is 5.83. The van der Waals surface area contributed by atoms with Gasteiger partial charge in [-0.05, 0) is 42.1 Å². The largest absolute Gasteiger partial charge is 0.371 e. The molecule has 1 unspecified atom stereocenters. The van der Waals surface area contributed by atoms with E-state index in [1.165, 1.54) is 31.4 Å². The fourth-order valence-electron chi connectivity index (χ4n) is 2.91. The van der Waals surface area contributed by atoms with Gasteiger partial charge < -0.3 is 9.72 Å². The predicted octanol–water partition coefficient (Wildman–Crippen LogP) is 5.44. The molecule has 1 aliphatic rings. The van der Waals surface area contributed by atoms with Gasteiger partial charge in [-0.1, -0.05) is 38.4 Å². The lowest BCUT2D eigenvalue weighted by atomic mass is 10.0. The third kappa shape index (κ3) is 3.68. The molecule has 1 aliphatic carbocycles. The van der Waals surface area contributed by atoms with E-state index in [1.54, 1.807) is 0 Å². The summed E-state index contributed by atoms with van der Waals surface area (Å²) in [7, 11) is 0. The average Bonchev–Trinajstić information content (AvgIpc) is 2.95. The highest BCUT2D eigenvalue weighted by atomic mass is 79.9. The Morgan fingerprint density at radius 3 is 2.70 bits per heavy atom. The minimum absolute atomic E-state index is 0.0277. The van der Waals surface area contributed by atoms with Gasteiger partial charge in [-0.2, -0.15) is 0 Å². The van der Waals surface area contributed by atoms with Gasteiger partial charge in [-0.3, -0.25) is 0 Å². The molecule has 112 valence electrons. The summed E-state index contributed by atoms with van der Waals surface area (Å²) >= 11 is 9.03. The molecular formula is C15H23BrN2OS. The number of H-pyrrole nitrogens is 1. The number of nitrogens with one attached hydrogen (secondary N) is 1. The first-order valence-electron chi connectivity index (χ1n) is 7.58. The van der Waals surface area contributed by atoms with Crippen molar-refractivity contribution in [3.8, 4) is 0 Å². The number of nitrogens with zero attached hydrogens (tertiary/aromatic N) is 1. The Labute approximate surface area is 134 Å². The van der Waals surface area contributed by atoms with E-state index in [9.17, 15) is 0 Å². The van der Waals surface area contributed by atoms with Crippen molar-refractivity contribution in [1.29, 1.82) is 0 Å². The number of aromatic amines is 1. The molecule has 3 nitrogen and oxygen atoms in total. The Morgan fingerprint density at radius 1 is 1.40 bits per heavy atom. The molecule has 0 bridgehead atoms. The van der Waals surface area contributed by atoms with Gasteiger partial charge in [0.2, 0.25) is 0 Å². The maximum Gasteiger partial charge on any atom is 0.144 e. The van der Waals surface area contributed by atoms with Crippen LogP contribution < -0.4 is 0 Å². The van der Waals surface area contributed by atoms with E-state index in [2.05, 4.69) is 32.8 Å². The second-order valence-corrected chi connectivity index (χ2v) is 6.55. The Morgan fingerprint density at radius 2 is 2.10 bits per heavy atom. The normalized spacial score (nSPS) is 17.6. The summed E-state index contributed by atoms with van der Waals surface area (Å²) in [6.07, 6.45) is 7.15. The predicted molar refractivity (Wildman–Crippen MR) is 87.6 cm³/mol. The molecule has 1 aromatic rings. The summed E-state index contributed by atoms with van der Waals surface area (Å²) in [6.45, 7) is 4.88. The van der Waals surface area contributed by atoms with E-state index in [0.717, 1.165) is 23.1 Å². The van der Waals surface area contributed by atoms with Crippen molar-refractivity contribution >= 4 is 28.1 Å². The van der Waals surface area contributed by atoms with Crippen molar-refractivity contribution < 1.29 is 4.74 Å². The van der Waals surface area contributed by atoms with Crippen LogP contribution in [0.15, 0.2) is 4.47 Å². The summed E-state index contributed by atoms with van der Waals surface area (Å²) < 4.78 is 7.45. The summed E-state index contributed by atoms with van der Waals surface area (Å²) in [5, 5.41) is 0. The van der Waals surface area contributed by atoms with Crippen LogP contribution in [0, 0.1) is 4.64 Å². The monoisotopic (exact) mass is 358 g/mol. The molecule has 0 radical (unpaired) electrons. The van der Waals surface area contributed by atoms with Crippen molar-refractivity contribution in [2.45, 2.75) is 64.4 Å². The minimum atomic E-state index is 0.0277. The summed E-state index contributed by atoms with van der Waals surface area (Å²) in [5.74, 6) is 1.47. The first-order valence-corrected chi connectivity index (χ1v) is 8.78. The number of ether oxygens (including phenoxy) is 1. The molecule has 0 aromatic carbocycles. The fourth-order valence-corrected chi connectivity index (χ4v) is 3.62. The molecular weight excluding hydrogens is 336 g/mol. The second kappa shape index (κ2) is 7.66. The standard InChI is InChI=1S/C15H23BrN2OS/c1-3-7-11(19-4-2)14-17-13(10-8-5-6-9-10)12(16)15(20)18-14/h10-11H,3-9H2,1-2H3,(H,17,18,20). The SMILES string of the molecule is CCCC(OCC)c1nc(=S)c(Br)c(C2CCCC2)[nH]1. The van der Waals surface area contributed by atoms with E-state index in [0.29, 0.717) is 17.2 Å². The van der Waals surface area contributed by atoms with E-state index in [-0.39, 0.29) is 6.10 Å².